The number of hydrogen-bond acceptors (Lipinski definition) is 5. The molecule has 0 bridgehead atoms. The molecule has 0 unspecified atom stereocenters. The van der Waals surface area contributed by atoms with Crippen LogP contribution in [0.5, 0.6) is 5.75 Å². The van der Waals surface area contributed by atoms with Gasteiger partial charge >= 0.3 is 5.97 Å². The lowest BCUT2D eigenvalue weighted by molar-refractivity contribution is -0.147. The number of rotatable bonds is 3. The summed E-state index contributed by atoms with van der Waals surface area (Å²) < 4.78 is 10.3. The number of Topliss-reactive ketones (excluding diaryl/α,β-unsaturated/α-hetero) is 1. The number of methoxy groups -OCH3 is 2. The Bertz CT molecular complexity index is 918. The number of carbonyl (C=O) groups excluding carboxylic acids is 2. The van der Waals surface area contributed by atoms with Gasteiger partial charge in [-0.1, -0.05) is 30.8 Å². The average molecular weight is 349 g/mol. The predicted octanol–water partition coefficient (Wildman–Crippen LogP) is 3.17. The van der Waals surface area contributed by atoms with Crippen LogP contribution in [-0.4, -0.2) is 32.5 Å². The molecule has 1 saturated heterocycles. The van der Waals surface area contributed by atoms with Crippen LogP contribution in [-0.2, 0) is 9.53 Å². The maximum atomic E-state index is 13.3. The predicted molar refractivity (Wildman–Crippen MR) is 97.4 cm³/mol. The lowest BCUT2D eigenvalue weighted by atomic mass is 9.77. The first-order valence-corrected chi connectivity index (χ1v) is 8.36. The summed E-state index contributed by atoms with van der Waals surface area (Å²) >= 11 is 0. The van der Waals surface area contributed by atoms with Gasteiger partial charge < -0.3 is 14.4 Å². The van der Waals surface area contributed by atoms with Gasteiger partial charge in [-0.3, -0.25) is 9.59 Å². The van der Waals surface area contributed by atoms with Crippen LogP contribution in [0.2, 0.25) is 0 Å². The number of ether oxygens (including phenoxy) is 2. The molecule has 26 heavy (non-hydrogen) atoms. The highest BCUT2D eigenvalue weighted by Gasteiger charge is 2.66. The quantitative estimate of drug-likeness (QED) is 0.484. The fourth-order valence-corrected chi connectivity index (χ4v) is 4.21. The van der Waals surface area contributed by atoms with Crippen molar-refractivity contribution in [3.63, 3.8) is 0 Å². The van der Waals surface area contributed by atoms with Crippen LogP contribution in [0.25, 0.3) is 0 Å². The highest BCUT2D eigenvalue weighted by Crippen LogP contribution is 2.58. The Hall–Kier alpha value is -3.08. The molecule has 0 amide bonds. The van der Waals surface area contributed by atoms with E-state index in [0.717, 1.165) is 17.0 Å². The van der Waals surface area contributed by atoms with E-state index in [0.29, 0.717) is 17.7 Å². The molecule has 2 atom stereocenters. The van der Waals surface area contributed by atoms with Gasteiger partial charge in [0.05, 0.1) is 20.3 Å². The zero-order chi connectivity index (χ0) is 18.5. The molecule has 0 radical (unpaired) electrons. The van der Waals surface area contributed by atoms with E-state index in [1.807, 2.05) is 47.4 Å². The highest BCUT2D eigenvalue weighted by atomic mass is 16.5. The van der Waals surface area contributed by atoms with E-state index in [1.54, 1.807) is 13.2 Å². The van der Waals surface area contributed by atoms with E-state index in [2.05, 4.69) is 6.58 Å². The Morgan fingerprint density at radius 2 is 1.85 bits per heavy atom. The van der Waals surface area contributed by atoms with Gasteiger partial charge in [0.25, 0.3) is 0 Å². The lowest BCUT2D eigenvalue weighted by Gasteiger charge is -2.30. The number of fused-ring (bicyclic) bond motifs is 3. The SMILES string of the molecule is C=C1CN(c2ccc(OC)cc2)[C@H]2c3ccccc3C(=O)[C@@]12C(=O)OC. The van der Waals surface area contributed by atoms with Crippen LogP contribution in [0.15, 0.2) is 60.7 Å². The number of nitrogens with zero attached hydrogens (tertiary/aromatic N) is 1. The van der Waals surface area contributed by atoms with E-state index in [-0.39, 0.29) is 5.78 Å². The monoisotopic (exact) mass is 349 g/mol. The van der Waals surface area contributed by atoms with Crippen molar-refractivity contribution >= 4 is 17.4 Å². The van der Waals surface area contributed by atoms with E-state index < -0.39 is 17.4 Å². The zero-order valence-electron chi connectivity index (χ0n) is 14.7. The van der Waals surface area contributed by atoms with Crippen molar-refractivity contribution < 1.29 is 19.1 Å². The van der Waals surface area contributed by atoms with E-state index in [9.17, 15) is 9.59 Å². The maximum absolute atomic E-state index is 13.3. The standard InChI is InChI=1S/C21H19NO4/c1-13-12-22(14-8-10-15(25-2)11-9-14)18-16-6-4-5-7-17(16)19(23)21(13,18)20(24)26-3/h4-11,18H,1,12H2,2-3H3/t18-,21+/m0/s1. The molecule has 0 aromatic heterocycles. The van der Waals surface area contributed by atoms with Crippen LogP contribution in [0.1, 0.15) is 22.0 Å². The van der Waals surface area contributed by atoms with E-state index in [1.165, 1.54) is 7.11 Å². The largest absolute Gasteiger partial charge is 0.497 e. The van der Waals surface area contributed by atoms with Crippen molar-refractivity contribution in [3.05, 3.63) is 71.8 Å². The van der Waals surface area contributed by atoms with Crippen molar-refractivity contribution in [2.75, 3.05) is 25.7 Å². The first-order valence-electron chi connectivity index (χ1n) is 8.36. The minimum atomic E-state index is -1.39. The van der Waals surface area contributed by atoms with Gasteiger partial charge in [-0.2, -0.15) is 0 Å². The molecule has 5 nitrogen and oxygen atoms in total. The van der Waals surface area contributed by atoms with Gasteiger partial charge in [0.2, 0.25) is 0 Å². The molecule has 1 fully saturated rings. The first kappa shape index (κ1) is 16.4. The fourth-order valence-electron chi connectivity index (χ4n) is 4.21. The minimum absolute atomic E-state index is 0.231. The molecular weight excluding hydrogens is 330 g/mol. The Labute approximate surface area is 151 Å². The second-order valence-electron chi connectivity index (χ2n) is 6.55. The molecular formula is C21H19NO4. The second-order valence-corrected chi connectivity index (χ2v) is 6.55. The van der Waals surface area contributed by atoms with Crippen LogP contribution in [0, 0.1) is 5.41 Å². The van der Waals surface area contributed by atoms with Crippen molar-refractivity contribution in [2.45, 2.75) is 6.04 Å². The van der Waals surface area contributed by atoms with Gasteiger partial charge in [0.1, 0.15) is 5.75 Å². The summed E-state index contributed by atoms with van der Waals surface area (Å²) in [6.07, 6.45) is 0. The number of benzene rings is 2. The van der Waals surface area contributed by atoms with Crippen LogP contribution in [0.4, 0.5) is 5.69 Å². The third-order valence-electron chi connectivity index (χ3n) is 5.41. The Morgan fingerprint density at radius 1 is 1.15 bits per heavy atom. The maximum Gasteiger partial charge on any atom is 0.326 e. The van der Waals surface area contributed by atoms with Gasteiger partial charge in [-0.05, 0) is 35.4 Å². The topological polar surface area (TPSA) is 55.8 Å². The average Bonchev–Trinajstić information content (AvgIpc) is 3.14. The van der Waals surface area contributed by atoms with Crippen LogP contribution >= 0.6 is 0 Å². The summed E-state index contributed by atoms with van der Waals surface area (Å²) in [4.78, 5) is 28.2. The molecule has 0 spiro atoms. The molecule has 0 saturated carbocycles. The molecule has 2 aromatic rings. The second kappa shape index (κ2) is 5.73. The molecule has 5 heteroatoms. The van der Waals surface area contributed by atoms with Crippen molar-refractivity contribution in [3.8, 4) is 5.75 Å². The minimum Gasteiger partial charge on any atom is -0.497 e. The van der Waals surface area contributed by atoms with Gasteiger partial charge in [-0.15, -0.1) is 0 Å². The van der Waals surface area contributed by atoms with Gasteiger partial charge in [0, 0.05) is 17.8 Å². The van der Waals surface area contributed by atoms with Crippen molar-refractivity contribution in [1.82, 2.24) is 0 Å². The Kier molecular flexibility index (Phi) is 3.61. The molecule has 1 aliphatic heterocycles. The summed E-state index contributed by atoms with van der Waals surface area (Å²) in [6.45, 7) is 4.50. The van der Waals surface area contributed by atoms with Crippen LogP contribution < -0.4 is 9.64 Å². The van der Waals surface area contributed by atoms with E-state index in [4.69, 9.17) is 9.47 Å². The molecule has 0 N–H and O–H groups in total. The fraction of sp³-hybridized carbons (Fsp3) is 0.238. The summed E-state index contributed by atoms with van der Waals surface area (Å²) in [5, 5.41) is 0. The Balaban J connectivity index is 1.91. The zero-order valence-corrected chi connectivity index (χ0v) is 14.7. The number of anilines is 1. The van der Waals surface area contributed by atoms with Crippen molar-refractivity contribution in [1.29, 1.82) is 0 Å². The molecule has 132 valence electrons. The van der Waals surface area contributed by atoms with Crippen molar-refractivity contribution in [2.24, 2.45) is 5.41 Å². The third kappa shape index (κ3) is 1.91. The number of esters is 1. The normalized spacial score (nSPS) is 23.6. The third-order valence-corrected chi connectivity index (χ3v) is 5.41. The molecule has 1 heterocycles. The number of ketones is 1. The highest BCUT2D eigenvalue weighted by molar-refractivity contribution is 6.20. The first-order chi connectivity index (χ1) is 12.6. The number of hydrogen-bond donors (Lipinski definition) is 0. The van der Waals surface area contributed by atoms with Gasteiger partial charge in [-0.25, -0.2) is 0 Å². The Morgan fingerprint density at radius 3 is 2.50 bits per heavy atom. The summed E-state index contributed by atoms with van der Waals surface area (Å²) in [6, 6.07) is 14.5. The van der Waals surface area contributed by atoms with E-state index >= 15 is 0 Å². The molecule has 2 aromatic carbocycles. The molecule has 2 aliphatic rings. The number of carbonyl (C=O) groups is 2. The lowest BCUT2D eigenvalue weighted by Crippen LogP contribution is -2.41. The smallest absolute Gasteiger partial charge is 0.326 e. The summed E-state index contributed by atoms with van der Waals surface area (Å²) in [5.41, 5.74) is 1.46. The molecule has 1 aliphatic carbocycles. The summed E-state index contributed by atoms with van der Waals surface area (Å²) in [7, 11) is 2.93. The van der Waals surface area contributed by atoms with Crippen LogP contribution in [0.3, 0.4) is 0 Å². The molecule has 4 rings (SSSR count). The summed E-state index contributed by atoms with van der Waals surface area (Å²) in [5.74, 6) is -0.0374. The van der Waals surface area contributed by atoms with Gasteiger partial charge in [0.15, 0.2) is 11.2 Å².